The smallest absolute Gasteiger partial charge is 0.293 e. The largest absolute Gasteiger partial charge is 0.383 e. The Balaban J connectivity index is 2.18. The first-order valence-corrected chi connectivity index (χ1v) is 7.96. The van der Waals surface area contributed by atoms with Gasteiger partial charge >= 0.3 is 0 Å². The number of ether oxygens (including phenoxy) is 1. The molecule has 2 rings (SSSR count). The predicted octanol–water partition coefficient (Wildman–Crippen LogP) is 0.951. The monoisotopic (exact) mass is 315 g/mol. The Labute approximate surface area is 122 Å². The Hall–Kier alpha value is -1.71. The fourth-order valence-corrected chi connectivity index (χ4v) is 3.23. The van der Waals surface area contributed by atoms with Crippen LogP contribution < -0.4 is 10.0 Å². The molecule has 8 nitrogen and oxygen atoms in total. The molecule has 21 heavy (non-hydrogen) atoms. The fraction of sp³-hybridized carbons (Fsp3) is 0.500. The third-order valence-electron chi connectivity index (χ3n) is 3.33. The van der Waals surface area contributed by atoms with Gasteiger partial charge in [-0.1, -0.05) is 0 Å². The summed E-state index contributed by atoms with van der Waals surface area (Å²) in [6.07, 6.45) is 0.807. The van der Waals surface area contributed by atoms with Crippen molar-refractivity contribution in [3.63, 3.8) is 0 Å². The van der Waals surface area contributed by atoms with Gasteiger partial charge < -0.3 is 10.1 Å². The molecule has 1 unspecified atom stereocenters. The van der Waals surface area contributed by atoms with E-state index in [2.05, 4.69) is 10.0 Å². The van der Waals surface area contributed by atoms with Crippen LogP contribution in [0.2, 0.25) is 0 Å². The molecular formula is C12H17N3O5S. The lowest BCUT2D eigenvalue weighted by molar-refractivity contribution is -0.384. The maximum atomic E-state index is 12.2. The zero-order valence-corrected chi connectivity index (χ0v) is 12.4. The van der Waals surface area contributed by atoms with Crippen LogP contribution in [0.3, 0.4) is 0 Å². The molecule has 1 atom stereocenters. The Bertz CT molecular complexity index is 626. The second-order valence-corrected chi connectivity index (χ2v) is 6.53. The summed E-state index contributed by atoms with van der Waals surface area (Å²) >= 11 is 0. The van der Waals surface area contributed by atoms with E-state index < -0.39 is 14.9 Å². The van der Waals surface area contributed by atoms with Crippen molar-refractivity contribution in [1.29, 1.82) is 0 Å². The highest BCUT2D eigenvalue weighted by Gasteiger charge is 2.23. The molecule has 1 fully saturated rings. The van der Waals surface area contributed by atoms with Crippen molar-refractivity contribution in [3.05, 3.63) is 28.3 Å². The van der Waals surface area contributed by atoms with Gasteiger partial charge in [-0.05, 0) is 24.5 Å². The molecule has 1 aromatic carbocycles. The molecule has 0 amide bonds. The van der Waals surface area contributed by atoms with Gasteiger partial charge in [0.15, 0.2) is 0 Å². The first-order valence-electron chi connectivity index (χ1n) is 6.47. The van der Waals surface area contributed by atoms with Gasteiger partial charge in [-0.2, -0.15) is 0 Å². The molecule has 1 heterocycles. The van der Waals surface area contributed by atoms with Gasteiger partial charge in [-0.25, -0.2) is 13.1 Å². The van der Waals surface area contributed by atoms with E-state index in [1.54, 1.807) is 0 Å². The minimum atomic E-state index is -3.77. The highest BCUT2D eigenvalue weighted by Crippen LogP contribution is 2.27. The topological polar surface area (TPSA) is 111 Å². The highest BCUT2D eigenvalue weighted by atomic mass is 32.2. The van der Waals surface area contributed by atoms with E-state index in [4.69, 9.17) is 4.74 Å². The summed E-state index contributed by atoms with van der Waals surface area (Å²) in [4.78, 5) is 10.2. The lowest BCUT2D eigenvalue weighted by Crippen LogP contribution is -2.29. The van der Waals surface area contributed by atoms with E-state index in [1.807, 2.05) is 0 Å². The van der Waals surface area contributed by atoms with Gasteiger partial charge in [0.1, 0.15) is 5.69 Å². The van der Waals surface area contributed by atoms with Crippen molar-refractivity contribution in [3.8, 4) is 0 Å². The average Bonchev–Trinajstić information content (AvgIpc) is 2.97. The highest BCUT2D eigenvalue weighted by molar-refractivity contribution is 7.89. The molecule has 0 saturated carbocycles. The number of anilines is 1. The zero-order valence-electron chi connectivity index (χ0n) is 11.5. The summed E-state index contributed by atoms with van der Waals surface area (Å²) in [5.41, 5.74) is -0.00674. The van der Waals surface area contributed by atoms with Gasteiger partial charge in [-0.3, -0.25) is 10.1 Å². The number of sulfonamides is 1. The molecule has 116 valence electrons. The summed E-state index contributed by atoms with van der Waals surface area (Å²) in [5.74, 6) is 0.145. The fourth-order valence-electron chi connectivity index (χ4n) is 2.10. The van der Waals surface area contributed by atoms with Crippen LogP contribution in [-0.2, 0) is 14.8 Å². The summed E-state index contributed by atoms with van der Waals surface area (Å²) in [6, 6.07) is 3.77. The van der Waals surface area contributed by atoms with Crippen LogP contribution in [0.25, 0.3) is 0 Å². The van der Waals surface area contributed by atoms with Crippen molar-refractivity contribution in [2.45, 2.75) is 11.3 Å². The van der Waals surface area contributed by atoms with Gasteiger partial charge in [0.25, 0.3) is 5.69 Å². The van der Waals surface area contributed by atoms with E-state index >= 15 is 0 Å². The van der Waals surface area contributed by atoms with Gasteiger partial charge in [0.05, 0.1) is 16.4 Å². The second-order valence-electron chi connectivity index (χ2n) is 4.77. The number of hydrogen-bond donors (Lipinski definition) is 2. The Morgan fingerprint density at radius 2 is 2.24 bits per heavy atom. The molecule has 0 bridgehead atoms. The van der Waals surface area contributed by atoms with Crippen molar-refractivity contribution >= 4 is 21.4 Å². The minimum absolute atomic E-state index is 0.118. The van der Waals surface area contributed by atoms with Gasteiger partial charge in [0, 0.05) is 26.3 Å². The lowest BCUT2D eigenvalue weighted by Gasteiger charge is -2.11. The molecule has 0 aromatic heterocycles. The number of nitro groups is 1. The van der Waals surface area contributed by atoms with Crippen molar-refractivity contribution in [2.24, 2.45) is 5.92 Å². The Morgan fingerprint density at radius 1 is 1.48 bits per heavy atom. The normalized spacial score (nSPS) is 18.6. The van der Waals surface area contributed by atoms with Crippen molar-refractivity contribution < 1.29 is 18.1 Å². The molecule has 2 N–H and O–H groups in total. The molecule has 1 aromatic rings. The zero-order chi connectivity index (χ0) is 15.5. The van der Waals surface area contributed by atoms with Crippen LogP contribution in [0.15, 0.2) is 23.1 Å². The number of nitro benzene ring substituents is 1. The first-order chi connectivity index (χ1) is 9.94. The van der Waals surface area contributed by atoms with Crippen molar-refractivity contribution in [2.75, 3.05) is 32.1 Å². The van der Waals surface area contributed by atoms with Crippen LogP contribution in [0.1, 0.15) is 6.42 Å². The maximum Gasteiger partial charge on any atom is 0.293 e. The molecule has 1 aliphatic rings. The Morgan fingerprint density at radius 3 is 2.81 bits per heavy atom. The average molecular weight is 315 g/mol. The number of hydrogen-bond acceptors (Lipinski definition) is 6. The number of nitrogens with zero attached hydrogens (tertiary/aromatic N) is 1. The number of nitrogens with one attached hydrogen (secondary N) is 2. The van der Waals surface area contributed by atoms with E-state index in [0.29, 0.717) is 13.2 Å². The van der Waals surface area contributed by atoms with Crippen molar-refractivity contribution in [1.82, 2.24) is 4.72 Å². The predicted molar refractivity (Wildman–Crippen MR) is 76.8 cm³/mol. The second kappa shape index (κ2) is 6.37. The summed E-state index contributed by atoms with van der Waals surface area (Å²) in [7, 11) is -2.23. The maximum absolute atomic E-state index is 12.2. The molecule has 1 aliphatic heterocycles. The summed E-state index contributed by atoms with van der Waals surface area (Å²) < 4.78 is 32.0. The molecular weight excluding hydrogens is 298 g/mol. The Kier molecular flexibility index (Phi) is 4.76. The molecule has 9 heteroatoms. The summed E-state index contributed by atoms with van der Waals surface area (Å²) in [6.45, 7) is 1.43. The van der Waals surface area contributed by atoms with Crippen LogP contribution in [-0.4, -0.2) is 40.1 Å². The van der Waals surface area contributed by atoms with E-state index in [9.17, 15) is 18.5 Å². The SMILES string of the molecule is CNc1ccc(S(=O)(=O)NCC2CCOC2)cc1[N+](=O)[O-]. The molecule has 0 spiro atoms. The van der Waals surface area contributed by atoms with Crippen LogP contribution >= 0.6 is 0 Å². The minimum Gasteiger partial charge on any atom is -0.383 e. The standard InChI is InChI=1S/C12H17N3O5S/c1-13-11-3-2-10(6-12(11)15(16)17)21(18,19)14-7-9-4-5-20-8-9/h2-3,6,9,13-14H,4-5,7-8H2,1H3. The van der Waals surface area contributed by atoms with Gasteiger partial charge in [-0.15, -0.1) is 0 Å². The lowest BCUT2D eigenvalue weighted by atomic mass is 10.1. The number of rotatable bonds is 6. The van der Waals surface area contributed by atoms with Crippen LogP contribution in [0.4, 0.5) is 11.4 Å². The quantitative estimate of drug-likeness (QED) is 0.597. The molecule has 0 radical (unpaired) electrons. The first kappa shape index (κ1) is 15.7. The molecule has 1 saturated heterocycles. The van der Waals surface area contributed by atoms with Crippen LogP contribution in [0, 0.1) is 16.0 Å². The molecule has 0 aliphatic carbocycles. The summed E-state index contributed by atoms with van der Waals surface area (Å²) in [5, 5.41) is 13.6. The van der Waals surface area contributed by atoms with Gasteiger partial charge in [0.2, 0.25) is 10.0 Å². The third-order valence-corrected chi connectivity index (χ3v) is 4.75. The number of benzene rings is 1. The van der Waals surface area contributed by atoms with E-state index in [-0.39, 0.29) is 28.7 Å². The van der Waals surface area contributed by atoms with E-state index in [1.165, 1.54) is 19.2 Å². The van der Waals surface area contributed by atoms with E-state index in [0.717, 1.165) is 12.5 Å². The van der Waals surface area contributed by atoms with Crippen LogP contribution in [0.5, 0.6) is 0 Å². The third kappa shape index (κ3) is 3.69.